The first-order valence-corrected chi connectivity index (χ1v) is 5.45. The standard InChI is InChI=1S/C13H21NO/c1-5-7-12(10-11(2)15-4)13(14-3)8-6-9-13/h5,7,10,14H,2,6,8-9H2,1,3-4H3/b7-5-,12-10+. The molecule has 0 aromatic rings. The molecule has 0 aromatic heterocycles. The van der Waals surface area contributed by atoms with E-state index >= 15 is 0 Å². The van der Waals surface area contributed by atoms with E-state index in [1.165, 1.54) is 24.8 Å². The molecule has 1 fully saturated rings. The zero-order valence-electron chi connectivity index (χ0n) is 9.97. The van der Waals surface area contributed by atoms with Crippen LogP contribution in [0.15, 0.2) is 36.1 Å². The maximum absolute atomic E-state index is 5.10. The molecule has 1 saturated carbocycles. The summed E-state index contributed by atoms with van der Waals surface area (Å²) in [6.07, 6.45) is 9.89. The molecule has 0 amide bonds. The van der Waals surface area contributed by atoms with Gasteiger partial charge in [0, 0.05) is 5.54 Å². The zero-order chi connectivity index (χ0) is 11.3. The molecule has 1 aliphatic carbocycles. The fraction of sp³-hybridized carbons (Fsp3) is 0.538. The predicted octanol–water partition coefficient (Wildman–Crippen LogP) is 2.79. The first-order valence-electron chi connectivity index (χ1n) is 5.45. The van der Waals surface area contributed by atoms with Gasteiger partial charge in [0.2, 0.25) is 0 Å². The van der Waals surface area contributed by atoms with Crippen LogP contribution in [0.4, 0.5) is 0 Å². The number of nitrogens with one attached hydrogen (secondary N) is 1. The Morgan fingerprint density at radius 1 is 1.47 bits per heavy atom. The van der Waals surface area contributed by atoms with Gasteiger partial charge in [-0.2, -0.15) is 0 Å². The maximum Gasteiger partial charge on any atom is 0.112 e. The van der Waals surface area contributed by atoms with Crippen LogP contribution in [0.25, 0.3) is 0 Å². The molecule has 0 saturated heterocycles. The molecule has 1 rings (SSSR count). The Labute approximate surface area is 92.7 Å². The fourth-order valence-electron chi connectivity index (χ4n) is 1.97. The molecule has 0 bridgehead atoms. The number of hydrogen-bond donors (Lipinski definition) is 1. The number of allylic oxidation sites excluding steroid dienone is 2. The Balaban J connectivity index is 2.90. The third kappa shape index (κ3) is 2.51. The molecule has 1 aliphatic rings. The monoisotopic (exact) mass is 207 g/mol. The molecular formula is C13H21NO. The first kappa shape index (κ1) is 12.1. The van der Waals surface area contributed by atoms with Crippen molar-refractivity contribution in [2.75, 3.05) is 14.2 Å². The molecular weight excluding hydrogens is 186 g/mol. The third-order valence-electron chi connectivity index (χ3n) is 3.16. The Morgan fingerprint density at radius 3 is 2.47 bits per heavy atom. The van der Waals surface area contributed by atoms with Crippen LogP contribution in [0.5, 0.6) is 0 Å². The van der Waals surface area contributed by atoms with E-state index in [9.17, 15) is 0 Å². The van der Waals surface area contributed by atoms with Crippen LogP contribution in [-0.4, -0.2) is 19.7 Å². The second-order valence-electron chi connectivity index (χ2n) is 3.96. The van der Waals surface area contributed by atoms with Crippen LogP contribution in [0.3, 0.4) is 0 Å². The highest BCUT2D eigenvalue weighted by atomic mass is 16.5. The number of hydrogen-bond acceptors (Lipinski definition) is 2. The SMILES string of the molecule is C=C(/C=C(\C=C/C)C1(NC)CCC1)OC. The summed E-state index contributed by atoms with van der Waals surface area (Å²) in [6.45, 7) is 5.87. The predicted molar refractivity (Wildman–Crippen MR) is 64.7 cm³/mol. The quantitative estimate of drug-likeness (QED) is 0.553. The Kier molecular flexibility index (Phi) is 4.15. The summed E-state index contributed by atoms with van der Waals surface area (Å²) in [5.74, 6) is 0.713. The van der Waals surface area contributed by atoms with Crippen molar-refractivity contribution >= 4 is 0 Å². The van der Waals surface area contributed by atoms with Gasteiger partial charge in [0.05, 0.1) is 7.11 Å². The van der Waals surface area contributed by atoms with Crippen molar-refractivity contribution in [1.82, 2.24) is 5.32 Å². The van der Waals surface area contributed by atoms with Gasteiger partial charge in [0.25, 0.3) is 0 Å². The molecule has 0 aromatic carbocycles. The van der Waals surface area contributed by atoms with E-state index < -0.39 is 0 Å². The summed E-state index contributed by atoms with van der Waals surface area (Å²) in [5, 5.41) is 3.41. The summed E-state index contributed by atoms with van der Waals surface area (Å²) >= 11 is 0. The minimum atomic E-state index is 0.147. The first-order chi connectivity index (χ1) is 7.18. The van der Waals surface area contributed by atoms with Crippen molar-refractivity contribution in [1.29, 1.82) is 0 Å². The zero-order valence-corrected chi connectivity index (χ0v) is 9.97. The summed E-state index contributed by atoms with van der Waals surface area (Å²) in [7, 11) is 3.67. The van der Waals surface area contributed by atoms with Crippen molar-refractivity contribution in [2.45, 2.75) is 31.7 Å². The lowest BCUT2D eigenvalue weighted by atomic mass is 9.71. The highest BCUT2D eigenvalue weighted by Gasteiger charge is 2.37. The third-order valence-corrected chi connectivity index (χ3v) is 3.16. The Hall–Kier alpha value is -1.02. The molecule has 1 N–H and O–H groups in total. The van der Waals surface area contributed by atoms with Gasteiger partial charge in [-0.3, -0.25) is 0 Å². The second-order valence-corrected chi connectivity index (χ2v) is 3.96. The van der Waals surface area contributed by atoms with Crippen molar-refractivity contribution in [3.05, 3.63) is 36.1 Å². The van der Waals surface area contributed by atoms with Gasteiger partial charge in [-0.05, 0) is 44.9 Å². The Bertz CT molecular complexity index is 279. The lowest BCUT2D eigenvalue weighted by molar-refractivity contribution is 0.248. The normalized spacial score (nSPS) is 20.1. The molecule has 0 heterocycles. The van der Waals surface area contributed by atoms with Gasteiger partial charge in [0.1, 0.15) is 5.76 Å². The molecule has 0 atom stereocenters. The molecule has 0 spiro atoms. The van der Waals surface area contributed by atoms with E-state index in [0.717, 1.165) is 0 Å². The van der Waals surface area contributed by atoms with E-state index in [1.807, 2.05) is 20.0 Å². The summed E-state index contributed by atoms with van der Waals surface area (Å²) in [6, 6.07) is 0. The second kappa shape index (κ2) is 5.17. The number of likely N-dealkylation sites (N-methyl/N-ethyl adjacent to an activating group) is 1. The molecule has 2 nitrogen and oxygen atoms in total. The summed E-state index contributed by atoms with van der Waals surface area (Å²) < 4.78 is 5.10. The fourth-order valence-corrected chi connectivity index (χ4v) is 1.97. The van der Waals surface area contributed by atoms with Gasteiger partial charge in [-0.15, -0.1) is 0 Å². The number of ether oxygens (including phenoxy) is 1. The van der Waals surface area contributed by atoms with Gasteiger partial charge >= 0.3 is 0 Å². The van der Waals surface area contributed by atoms with Gasteiger partial charge in [-0.1, -0.05) is 18.7 Å². The Morgan fingerprint density at radius 2 is 2.13 bits per heavy atom. The maximum atomic E-state index is 5.10. The molecule has 0 radical (unpaired) electrons. The largest absolute Gasteiger partial charge is 0.497 e. The van der Waals surface area contributed by atoms with E-state index in [2.05, 4.69) is 24.0 Å². The summed E-state index contributed by atoms with van der Waals surface area (Å²) in [5.41, 5.74) is 1.42. The van der Waals surface area contributed by atoms with Crippen LogP contribution >= 0.6 is 0 Å². The smallest absolute Gasteiger partial charge is 0.112 e. The highest BCUT2D eigenvalue weighted by molar-refractivity contribution is 5.37. The van der Waals surface area contributed by atoms with E-state index in [0.29, 0.717) is 5.76 Å². The molecule has 0 aliphatic heterocycles. The van der Waals surface area contributed by atoms with Crippen molar-refractivity contribution in [2.24, 2.45) is 0 Å². The average Bonchev–Trinajstić information content (AvgIpc) is 2.17. The van der Waals surface area contributed by atoms with Crippen molar-refractivity contribution in [3.63, 3.8) is 0 Å². The van der Waals surface area contributed by atoms with Crippen LogP contribution in [0.2, 0.25) is 0 Å². The van der Waals surface area contributed by atoms with Crippen LogP contribution in [0, 0.1) is 0 Å². The van der Waals surface area contributed by atoms with Gasteiger partial charge in [-0.25, -0.2) is 0 Å². The van der Waals surface area contributed by atoms with Crippen LogP contribution in [0.1, 0.15) is 26.2 Å². The van der Waals surface area contributed by atoms with Crippen molar-refractivity contribution < 1.29 is 4.74 Å². The van der Waals surface area contributed by atoms with E-state index in [1.54, 1.807) is 7.11 Å². The van der Waals surface area contributed by atoms with E-state index in [4.69, 9.17) is 4.74 Å². The molecule has 2 heteroatoms. The van der Waals surface area contributed by atoms with Gasteiger partial charge in [0.15, 0.2) is 0 Å². The van der Waals surface area contributed by atoms with Crippen LogP contribution in [-0.2, 0) is 4.74 Å². The average molecular weight is 207 g/mol. The number of rotatable bonds is 5. The molecule has 0 unspecified atom stereocenters. The number of methoxy groups -OCH3 is 1. The highest BCUT2D eigenvalue weighted by Crippen LogP contribution is 2.38. The lowest BCUT2D eigenvalue weighted by Crippen LogP contribution is -2.50. The minimum Gasteiger partial charge on any atom is -0.497 e. The molecule has 15 heavy (non-hydrogen) atoms. The van der Waals surface area contributed by atoms with Crippen molar-refractivity contribution in [3.8, 4) is 0 Å². The van der Waals surface area contributed by atoms with Crippen LogP contribution < -0.4 is 5.32 Å². The summed E-state index contributed by atoms with van der Waals surface area (Å²) in [4.78, 5) is 0. The van der Waals surface area contributed by atoms with Gasteiger partial charge < -0.3 is 10.1 Å². The minimum absolute atomic E-state index is 0.147. The topological polar surface area (TPSA) is 21.3 Å². The van der Waals surface area contributed by atoms with E-state index in [-0.39, 0.29) is 5.54 Å². The molecule has 84 valence electrons. The lowest BCUT2D eigenvalue weighted by Gasteiger charge is -2.43.